The number of carbonyl (C=O) groups is 1. The monoisotopic (exact) mass is 318 g/mol. The zero-order valence-corrected chi connectivity index (χ0v) is 13.6. The summed E-state index contributed by atoms with van der Waals surface area (Å²) < 4.78 is 0. The number of hydrogen-bond donors (Lipinski definition) is 1. The molecule has 5 heteroatoms. The van der Waals surface area contributed by atoms with E-state index in [-0.39, 0.29) is 5.91 Å². The maximum absolute atomic E-state index is 11.9. The molecule has 24 heavy (non-hydrogen) atoms. The summed E-state index contributed by atoms with van der Waals surface area (Å²) in [6, 6.07) is 15.6. The van der Waals surface area contributed by atoms with E-state index in [0.717, 1.165) is 22.5 Å². The minimum absolute atomic E-state index is 0.225. The van der Waals surface area contributed by atoms with E-state index < -0.39 is 0 Å². The lowest BCUT2D eigenvalue weighted by molar-refractivity contribution is -0.110. The summed E-state index contributed by atoms with van der Waals surface area (Å²) >= 11 is 0. The summed E-state index contributed by atoms with van der Waals surface area (Å²) in [5.41, 5.74) is 4.11. The summed E-state index contributed by atoms with van der Waals surface area (Å²) in [7, 11) is 4.02. The smallest absolute Gasteiger partial charge is 0.276 e. The Hall–Kier alpha value is -3.21. The highest BCUT2D eigenvalue weighted by atomic mass is 16.2. The molecule has 0 bridgehead atoms. The molecule has 0 radical (unpaired) electrons. The molecule has 120 valence electrons. The van der Waals surface area contributed by atoms with Gasteiger partial charge in [-0.1, -0.05) is 36.4 Å². The second-order valence-corrected chi connectivity index (χ2v) is 5.56. The van der Waals surface area contributed by atoms with Crippen LogP contribution in [0.15, 0.2) is 64.8 Å². The fraction of sp³-hybridized carbons (Fsp3) is 0.105. The number of fused-ring (bicyclic) bond motifs is 1. The first kappa shape index (κ1) is 15.7. The van der Waals surface area contributed by atoms with Gasteiger partial charge in [-0.05, 0) is 29.8 Å². The van der Waals surface area contributed by atoms with E-state index >= 15 is 0 Å². The number of carbonyl (C=O) groups excluding carboxylic acids is 1. The fourth-order valence-electron chi connectivity index (χ4n) is 2.37. The lowest BCUT2D eigenvalue weighted by Gasteiger charge is -2.11. The van der Waals surface area contributed by atoms with Crippen molar-refractivity contribution in [3.05, 3.63) is 65.7 Å². The lowest BCUT2D eigenvalue weighted by atomic mass is 10.1. The summed E-state index contributed by atoms with van der Waals surface area (Å²) in [6.07, 6.45) is 5.31. The first-order chi connectivity index (χ1) is 11.6. The molecule has 0 spiro atoms. The molecule has 3 rings (SSSR count). The molecule has 1 heterocycles. The molecule has 2 aromatic rings. The highest BCUT2D eigenvalue weighted by Crippen LogP contribution is 2.22. The quantitative estimate of drug-likeness (QED) is 0.695. The molecule has 0 saturated carbocycles. The molecular formula is C19H18N4O. The van der Waals surface area contributed by atoms with Crippen LogP contribution in [-0.4, -0.2) is 31.9 Å². The van der Waals surface area contributed by atoms with Gasteiger partial charge >= 0.3 is 0 Å². The van der Waals surface area contributed by atoms with Crippen molar-refractivity contribution in [1.29, 1.82) is 0 Å². The molecule has 0 fully saturated rings. The Kier molecular flexibility index (Phi) is 4.52. The van der Waals surface area contributed by atoms with Crippen molar-refractivity contribution in [2.24, 2.45) is 10.2 Å². The molecule has 0 unspecified atom stereocenters. The van der Waals surface area contributed by atoms with Gasteiger partial charge in [-0.15, -0.1) is 5.10 Å². The number of rotatable bonds is 4. The van der Waals surface area contributed by atoms with Crippen molar-refractivity contribution in [3.8, 4) is 0 Å². The summed E-state index contributed by atoms with van der Waals surface area (Å²) in [6.45, 7) is 0. The van der Waals surface area contributed by atoms with Gasteiger partial charge in [-0.3, -0.25) is 4.79 Å². The number of benzene rings is 2. The largest absolute Gasteiger partial charge is 0.378 e. The third kappa shape index (κ3) is 3.41. The summed E-state index contributed by atoms with van der Waals surface area (Å²) in [4.78, 5) is 13.9. The first-order valence-corrected chi connectivity index (χ1v) is 7.61. The van der Waals surface area contributed by atoms with E-state index in [0.29, 0.717) is 5.71 Å². The highest BCUT2D eigenvalue weighted by Gasteiger charge is 2.25. The van der Waals surface area contributed by atoms with Crippen LogP contribution in [0.25, 0.3) is 6.08 Å². The summed E-state index contributed by atoms with van der Waals surface area (Å²) in [5.74, 6) is -0.225. The Bertz CT molecular complexity index is 833. The van der Waals surface area contributed by atoms with Gasteiger partial charge in [-0.2, -0.15) is 5.10 Å². The van der Waals surface area contributed by atoms with Crippen LogP contribution in [0.3, 0.4) is 0 Å². The number of nitrogens with one attached hydrogen (secondary N) is 1. The van der Waals surface area contributed by atoms with Crippen molar-refractivity contribution < 1.29 is 4.79 Å². The summed E-state index contributed by atoms with van der Waals surface area (Å²) in [5, 5.41) is 10.8. The van der Waals surface area contributed by atoms with Crippen LogP contribution >= 0.6 is 0 Å². The molecule has 0 atom stereocenters. The van der Waals surface area contributed by atoms with E-state index in [9.17, 15) is 4.79 Å². The maximum Gasteiger partial charge on any atom is 0.276 e. The standard InChI is InChI=1S/C19H18N4O/c1-23(2)15-11-9-14(10-12-15)6-5-13-20-22-18-16-7-3-4-8-17(16)21-19(18)24/h3-13H,1-2H3,(H,21,22,24)/b6-5+,20-13+. The zero-order chi connectivity index (χ0) is 16.9. The van der Waals surface area contributed by atoms with E-state index in [4.69, 9.17) is 0 Å². The Morgan fingerprint density at radius 1 is 1.04 bits per heavy atom. The van der Waals surface area contributed by atoms with Crippen molar-refractivity contribution in [3.63, 3.8) is 0 Å². The van der Waals surface area contributed by atoms with Gasteiger partial charge in [0.2, 0.25) is 0 Å². The minimum Gasteiger partial charge on any atom is -0.378 e. The number of para-hydroxylation sites is 1. The van der Waals surface area contributed by atoms with Gasteiger partial charge in [0.05, 0.1) is 5.69 Å². The first-order valence-electron chi connectivity index (χ1n) is 7.61. The Morgan fingerprint density at radius 3 is 2.54 bits per heavy atom. The highest BCUT2D eigenvalue weighted by molar-refractivity contribution is 6.53. The zero-order valence-electron chi connectivity index (χ0n) is 13.6. The number of amides is 1. The van der Waals surface area contributed by atoms with Gasteiger partial charge in [-0.25, -0.2) is 0 Å². The lowest BCUT2D eigenvalue weighted by Crippen LogP contribution is -2.13. The van der Waals surface area contributed by atoms with Gasteiger partial charge in [0.1, 0.15) is 0 Å². The van der Waals surface area contributed by atoms with Gasteiger partial charge in [0.15, 0.2) is 5.71 Å². The molecule has 0 saturated heterocycles. The molecular weight excluding hydrogens is 300 g/mol. The minimum atomic E-state index is -0.225. The predicted molar refractivity (Wildman–Crippen MR) is 99.9 cm³/mol. The molecule has 1 N–H and O–H groups in total. The van der Waals surface area contributed by atoms with Crippen molar-refractivity contribution in [2.75, 3.05) is 24.3 Å². The fourth-order valence-corrected chi connectivity index (χ4v) is 2.37. The number of allylic oxidation sites excluding steroid dienone is 1. The van der Waals surface area contributed by atoms with Crippen LogP contribution in [-0.2, 0) is 4.79 Å². The van der Waals surface area contributed by atoms with Crippen LogP contribution in [0.2, 0.25) is 0 Å². The molecule has 1 aliphatic heterocycles. The second kappa shape index (κ2) is 6.91. The SMILES string of the molecule is CN(C)c1ccc(/C=C/C=N/N=C2C(=O)Nc3ccccc32)cc1. The van der Waals surface area contributed by atoms with Crippen molar-refractivity contribution in [1.82, 2.24) is 0 Å². The van der Waals surface area contributed by atoms with E-state index in [1.54, 1.807) is 12.3 Å². The number of anilines is 2. The van der Waals surface area contributed by atoms with Crippen LogP contribution in [0.1, 0.15) is 11.1 Å². The van der Waals surface area contributed by atoms with Gasteiger partial charge in [0, 0.05) is 31.6 Å². The van der Waals surface area contributed by atoms with Gasteiger partial charge < -0.3 is 10.2 Å². The van der Waals surface area contributed by atoms with Crippen LogP contribution in [0.4, 0.5) is 11.4 Å². The number of nitrogens with zero attached hydrogens (tertiary/aromatic N) is 3. The molecule has 1 aliphatic rings. The van der Waals surface area contributed by atoms with E-state index in [1.807, 2.05) is 56.6 Å². The van der Waals surface area contributed by atoms with Gasteiger partial charge in [0.25, 0.3) is 5.91 Å². The number of hydrogen-bond acceptors (Lipinski definition) is 4. The normalized spacial score (nSPS) is 15.2. The Balaban J connectivity index is 1.67. The Morgan fingerprint density at radius 2 is 1.79 bits per heavy atom. The molecule has 2 aromatic carbocycles. The third-order valence-corrected chi connectivity index (χ3v) is 3.65. The third-order valence-electron chi connectivity index (χ3n) is 3.65. The topological polar surface area (TPSA) is 57.1 Å². The molecule has 0 aliphatic carbocycles. The van der Waals surface area contributed by atoms with Crippen molar-refractivity contribution in [2.45, 2.75) is 0 Å². The molecule has 0 aromatic heterocycles. The predicted octanol–water partition coefficient (Wildman–Crippen LogP) is 3.19. The van der Waals surface area contributed by atoms with Crippen LogP contribution in [0, 0.1) is 0 Å². The average molecular weight is 318 g/mol. The second-order valence-electron chi connectivity index (χ2n) is 5.56. The molecule has 5 nitrogen and oxygen atoms in total. The van der Waals surface area contributed by atoms with Crippen LogP contribution < -0.4 is 10.2 Å². The van der Waals surface area contributed by atoms with E-state index in [1.165, 1.54) is 0 Å². The Labute approximate surface area is 141 Å². The van der Waals surface area contributed by atoms with E-state index in [2.05, 4.69) is 32.6 Å². The van der Waals surface area contributed by atoms with Crippen molar-refractivity contribution >= 4 is 35.3 Å². The average Bonchev–Trinajstić information content (AvgIpc) is 2.90. The maximum atomic E-state index is 11.9. The van der Waals surface area contributed by atoms with Crippen LogP contribution in [0.5, 0.6) is 0 Å². The molecule has 1 amide bonds.